The normalized spacial score (nSPS) is 12.4. The van der Waals surface area contributed by atoms with Crippen LogP contribution in [0.3, 0.4) is 0 Å². The number of ether oxygens (including phenoxy) is 2. The number of hydrogen-bond donors (Lipinski definition) is 2. The predicted molar refractivity (Wildman–Crippen MR) is 78.0 cm³/mol. The van der Waals surface area contributed by atoms with Gasteiger partial charge in [-0.15, -0.1) is 11.3 Å². The Labute approximate surface area is 128 Å². The highest BCUT2D eigenvalue weighted by Crippen LogP contribution is 2.36. The van der Waals surface area contributed by atoms with Crippen LogP contribution in [0.4, 0.5) is 5.95 Å². The molecule has 0 bridgehead atoms. The first kappa shape index (κ1) is 12.8. The Morgan fingerprint density at radius 3 is 3.05 bits per heavy atom. The zero-order chi connectivity index (χ0) is 14.9. The van der Waals surface area contributed by atoms with Gasteiger partial charge in [-0.3, -0.25) is 10.1 Å². The van der Waals surface area contributed by atoms with E-state index in [0.717, 1.165) is 10.6 Å². The van der Waals surface area contributed by atoms with E-state index in [9.17, 15) is 4.79 Å². The minimum atomic E-state index is -0.291. The molecule has 1 aromatic carbocycles. The molecule has 0 saturated carbocycles. The van der Waals surface area contributed by atoms with Gasteiger partial charge < -0.3 is 9.47 Å². The lowest BCUT2D eigenvalue weighted by Crippen LogP contribution is -2.11. The van der Waals surface area contributed by atoms with Crippen LogP contribution < -0.4 is 14.8 Å². The number of hydrogen-bond acceptors (Lipinski definition) is 7. The first-order chi connectivity index (χ1) is 10.8. The number of aromatic amines is 1. The summed E-state index contributed by atoms with van der Waals surface area (Å²) in [5.74, 6) is 1.40. The summed E-state index contributed by atoms with van der Waals surface area (Å²) in [7, 11) is 0. The number of aromatic nitrogens is 4. The number of nitrogens with zero attached hydrogens (tertiary/aromatic N) is 3. The minimum absolute atomic E-state index is 0.224. The molecule has 3 heterocycles. The van der Waals surface area contributed by atoms with Gasteiger partial charge in [-0.25, -0.2) is 10.1 Å². The number of anilines is 1. The van der Waals surface area contributed by atoms with Crippen LogP contribution >= 0.6 is 11.3 Å². The van der Waals surface area contributed by atoms with E-state index in [2.05, 4.69) is 25.5 Å². The molecule has 110 valence electrons. The molecule has 0 unspecified atom stereocenters. The van der Waals surface area contributed by atoms with Crippen molar-refractivity contribution in [1.29, 1.82) is 0 Å². The van der Waals surface area contributed by atoms with Crippen molar-refractivity contribution in [3.8, 4) is 22.1 Å². The monoisotopic (exact) mass is 315 g/mol. The molecule has 2 aromatic heterocycles. The van der Waals surface area contributed by atoms with Gasteiger partial charge in [0.1, 0.15) is 16.2 Å². The second-order valence-electron chi connectivity index (χ2n) is 4.39. The maximum Gasteiger partial charge on any atom is 0.269 e. The van der Waals surface area contributed by atoms with Crippen molar-refractivity contribution in [3.05, 3.63) is 35.6 Å². The molecule has 0 spiro atoms. The van der Waals surface area contributed by atoms with Crippen LogP contribution in [0.15, 0.2) is 30.7 Å². The summed E-state index contributed by atoms with van der Waals surface area (Å²) in [4.78, 5) is 20.7. The minimum Gasteiger partial charge on any atom is -0.454 e. The van der Waals surface area contributed by atoms with Gasteiger partial charge in [0, 0.05) is 5.56 Å². The summed E-state index contributed by atoms with van der Waals surface area (Å²) >= 11 is 1.28. The van der Waals surface area contributed by atoms with Gasteiger partial charge >= 0.3 is 0 Å². The fourth-order valence-corrected chi connectivity index (χ4v) is 2.78. The number of fused-ring (bicyclic) bond motifs is 1. The van der Waals surface area contributed by atoms with E-state index in [1.165, 1.54) is 23.9 Å². The number of rotatable bonds is 3. The van der Waals surface area contributed by atoms with E-state index in [1.807, 2.05) is 18.2 Å². The second-order valence-corrected chi connectivity index (χ2v) is 5.42. The van der Waals surface area contributed by atoms with Crippen molar-refractivity contribution in [1.82, 2.24) is 20.2 Å². The Balaban J connectivity index is 1.57. The Morgan fingerprint density at radius 2 is 2.18 bits per heavy atom. The van der Waals surface area contributed by atoms with Crippen LogP contribution in [-0.2, 0) is 0 Å². The smallest absolute Gasteiger partial charge is 0.269 e. The topological polar surface area (TPSA) is 102 Å². The third-order valence-corrected chi connectivity index (χ3v) is 4.04. The zero-order valence-electron chi connectivity index (χ0n) is 11.1. The van der Waals surface area contributed by atoms with E-state index in [1.54, 1.807) is 0 Å². The lowest BCUT2D eigenvalue weighted by atomic mass is 10.2. The van der Waals surface area contributed by atoms with Crippen LogP contribution in [-0.4, -0.2) is 32.9 Å². The van der Waals surface area contributed by atoms with E-state index < -0.39 is 0 Å². The second kappa shape index (κ2) is 5.11. The lowest BCUT2D eigenvalue weighted by molar-refractivity contribution is 0.102. The quantitative estimate of drug-likeness (QED) is 0.765. The molecule has 3 aromatic rings. The van der Waals surface area contributed by atoms with Crippen molar-refractivity contribution in [2.75, 3.05) is 12.1 Å². The van der Waals surface area contributed by atoms with Gasteiger partial charge in [0.2, 0.25) is 12.7 Å². The van der Waals surface area contributed by atoms with Crippen LogP contribution in [0, 0.1) is 0 Å². The number of benzene rings is 1. The summed E-state index contributed by atoms with van der Waals surface area (Å²) < 4.78 is 10.6. The summed E-state index contributed by atoms with van der Waals surface area (Å²) in [6.45, 7) is 0.224. The van der Waals surface area contributed by atoms with Crippen LogP contribution in [0.1, 0.15) is 9.67 Å². The molecule has 0 atom stereocenters. The summed E-state index contributed by atoms with van der Waals surface area (Å²) in [6, 6.07) is 5.55. The summed E-state index contributed by atoms with van der Waals surface area (Å²) in [5.41, 5.74) is 0.868. The molecule has 2 N–H and O–H groups in total. The van der Waals surface area contributed by atoms with Gasteiger partial charge in [-0.2, -0.15) is 10.1 Å². The van der Waals surface area contributed by atoms with Crippen molar-refractivity contribution >= 4 is 23.2 Å². The van der Waals surface area contributed by atoms with Gasteiger partial charge in [0.05, 0.1) is 6.20 Å². The number of H-pyrrole nitrogens is 1. The Kier molecular flexibility index (Phi) is 2.97. The van der Waals surface area contributed by atoms with Crippen molar-refractivity contribution in [2.24, 2.45) is 0 Å². The van der Waals surface area contributed by atoms with E-state index >= 15 is 0 Å². The molecule has 0 saturated heterocycles. The fraction of sp³-hybridized carbons (Fsp3) is 0.0769. The number of thiazole rings is 1. The third-order valence-electron chi connectivity index (χ3n) is 3.00. The molecule has 1 amide bonds. The lowest BCUT2D eigenvalue weighted by Gasteiger charge is -1.99. The Hall–Kier alpha value is -2.94. The average molecular weight is 315 g/mol. The first-order valence-corrected chi connectivity index (χ1v) is 7.14. The summed E-state index contributed by atoms with van der Waals surface area (Å²) in [5, 5.41) is 9.56. The highest BCUT2D eigenvalue weighted by molar-refractivity contribution is 7.17. The zero-order valence-corrected chi connectivity index (χ0v) is 11.9. The number of carbonyl (C=O) groups is 1. The first-order valence-electron chi connectivity index (χ1n) is 6.32. The van der Waals surface area contributed by atoms with Crippen LogP contribution in [0.25, 0.3) is 10.6 Å². The molecule has 0 aliphatic carbocycles. The van der Waals surface area contributed by atoms with Gasteiger partial charge in [-0.05, 0) is 18.2 Å². The number of amides is 1. The average Bonchev–Trinajstić information content (AvgIpc) is 3.27. The van der Waals surface area contributed by atoms with Gasteiger partial charge in [0.15, 0.2) is 11.5 Å². The van der Waals surface area contributed by atoms with Crippen molar-refractivity contribution in [3.63, 3.8) is 0 Å². The number of nitrogens with one attached hydrogen (secondary N) is 2. The molecule has 0 fully saturated rings. The van der Waals surface area contributed by atoms with Crippen LogP contribution in [0.5, 0.6) is 11.5 Å². The van der Waals surface area contributed by atoms with Crippen LogP contribution in [0.2, 0.25) is 0 Å². The maximum absolute atomic E-state index is 12.1. The third kappa shape index (κ3) is 2.27. The maximum atomic E-state index is 12.1. The molecular formula is C13H9N5O3S. The highest BCUT2D eigenvalue weighted by atomic mass is 32.1. The molecular weight excluding hydrogens is 306 g/mol. The Morgan fingerprint density at radius 1 is 1.27 bits per heavy atom. The summed E-state index contributed by atoms with van der Waals surface area (Å²) in [6.07, 6.45) is 2.84. The highest BCUT2D eigenvalue weighted by Gasteiger charge is 2.17. The van der Waals surface area contributed by atoms with E-state index in [4.69, 9.17) is 9.47 Å². The van der Waals surface area contributed by atoms with Crippen molar-refractivity contribution in [2.45, 2.75) is 0 Å². The molecule has 9 heteroatoms. The Bertz CT molecular complexity index is 830. The molecule has 1 aliphatic heterocycles. The fourth-order valence-electron chi connectivity index (χ4n) is 1.98. The van der Waals surface area contributed by atoms with Gasteiger partial charge in [0.25, 0.3) is 5.91 Å². The van der Waals surface area contributed by atoms with Gasteiger partial charge in [-0.1, -0.05) is 0 Å². The molecule has 1 aliphatic rings. The van der Waals surface area contributed by atoms with E-state index in [-0.39, 0.29) is 12.7 Å². The predicted octanol–water partition coefficient (Wildman–Crippen LogP) is 1.91. The SMILES string of the molecule is O=C(Nc1ncn[nH]1)c1cnc(-c2ccc3c(c2)OCO3)s1. The standard InChI is InChI=1S/C13H9N5O3S/c19-11(17-13-15-5-16-18-13)10-4-14-12(22-10)7-1-2-8-9(3-7)21-6-20-8/h1-5H,6H2,(H2,15,16,17,18,19). The molecule has 4 rings (SSSR count). The van der Waals surface area contributed by atoms with E-state index in [0.29, 0.717) is 22.3 Å². The molecule has 8 nitrogen and oxygen atoms in total. The number of carbonyl (C=O) groups excluding carboxylic acids is 1. The van der Waals surface area contributed by atoms with Crippen molar-refractivity contribution < 1.29 is 14.3 Å². The largest absolute Gasteiger partial charge is 0.454 e. The molecule has 0 radical (unpaired) electrons. The molecule has 22 heavy (non-hydrogen) atoms.